The van der Waals surface area contributed by atoms with Crippen molar-refractivity contribution in [1.82, 2.24) is 29.1 Å². The van der Waals surface area contributed by atoms with Crippen LogP contribution in [0.2, 0.25) is 20.2 Å². The van der Waals surface area contributed by atoms with Gasteiger partial charge in [-0.1, -0.05) is 123 Å². The smallest absolute Gasteiger partial charge is 0.321 e. The number of carbonyl (C=O) groups is 1. The van der Waals surface area contributed by atoms with E-state index in [0.29, 0.717) is 61.7 Å². The number of fused-ring (bicyclic) bond motifs is 3. The second-order valence-corrected chi connectivity index (χ2v) is 24.5. The maximum Gasteiger partial charge on any atom is 0.321 e. The van der Waals surface area contributed by atoms with Crippen LogP contribution in [0.3, 0.4) is 0 Å². The van der Waals surface area contributed by atoms with Crippen LogP contribution in [0, 0.1) is 0 Å². The van der Waals surface area contributed by atoms with E-state index in [1.165, 1.54) is 61.1 Å². The monoisotopic (exact) mass is 1200 g/mol. The third-order valence-corrected chi connectivity index (χ3v) is 17.3. The Hall–Kier alpha value is -5.25. The molecule has 21 nitrogen and oxygen atoms in total. The number of nitrogens with zero attached hydrogens (tertiary/aromatic N) is 5. The van der Waals surface area contributed by atoms with Crippen molar-refractivity contribution in [2.24, 2.45) is 38.7 Å². The SMILES string of the molecule is CCCCC[C@H](C)NS(=O)(=O)c1ccc2c(Cl)cnc(Cl)c2c1.CCCCC[C@H](C)NS(=O)(=O)c1ccc2c(Cl)cnc(N=C(N)N)c2c1.NCCCC[C@@H](NS(=O)(=O)c1ccc2c(Cl)cnc(N=C(N)N)c2c1)C(=O)O. The molecular weight excluding hydrogens is 1140 g/mol. The molecular formula is C49H65Cl4N13O8S3. The summed E-state index contributed by atoms with van der Waals surface area (Å²) in [7, 11) is -11.4. The van der Waals surface area contributed by atoms with E-state index in [2.05, 4.69) is 53.0 Å². The molecule has 0 unspecified atom stereocenters. The van der Waals surface area contributed by atoms with Crippen molar-refractivity contribution in [1.29, 1.82) is 0 Å². The van der Waals surface area contributed by atoms with E-state index in [0.717, 1.165) is 51.4 Å². The van der Waals surface area contributed by atoms with Crippen LogP contribution in [-0.2, 0) is 34.9 Å². The molecule has 0 saturated carbocycles. The Morgan fingerprint density at radius 2 is 0.909 bits per heavy atom. The zero-order chi connectivity index (χ0) is 57.3. The average Bonchev–Trinajstić information content (AvgIpc) is 3.36. The molecule has 28 heteroatoms. The molecule has 14 N–H and O–H groups in total. The van der Waals surface area contributed by atoms with Gasteiger partial charge in [0, 0.05) is 63.0 Å². The number of unbranched alkanes of at least 4 members (excludes halogenated alkanes) is 5. The number of aromatic nitrogens is 3. The van der Waals surface area contributed by atoms with Gasteiger partial charge in [0.25, 0.3) is 0 Å². The Labute approximate surface area is 469 Å². The summed E-state index contributed by atoms with van der Waals surface area (Å²) in [5.74, 6) is -1.38. The number of nitrogens with one attached hydrogen (secondary N) is 3. The molecule has 0 aliphatic rings. The van der Waals surface area contributed by atoms with Crippen molar-refractivity contribution in [3.05, 3.63) is 93.4 Å². The molecule has 0 amide bonds. The molecule has 0 saturated heterocycles. The van der Waals surface area contributed by atoms with E-state index in [1.54, 1.807) is 12.1 Å². The van der Waals surface area contributed by atoms with Crippen LogP contribution in [-0.4, -0.2) is 87.9 Å². The van der Waals surface area contributed by atoms with Gasteiger partial charge in [-0.25, -0.2) is 49.6 Å². The normalized spacial score (nSPS) is 12.9. The van der Waals surface area contributed by atoms with Gasteiger partial charge in [0.15, 0.2) is 23.6 Å². The molecule has 0 fully saturated rings. The van der Waals surface area contributed by atoms with Gasteiger partial charge < -0.3 is 33.8 Å². The predicted octanol–water partition coefficient (Wildman–Crippen LogP) is 8.48. The molecule has 420 valence electrons. The number of aliphatic imine (C=N–C) groups is 2. The highest BCUT2D eigenvalue weighted by atomic mass is 35.5. The summed E-state index contributed by atoms with van der Waals surface area (Å²) in [6, 6.07) is 11.8. The summed E-state index contributed by atoms with van der Waals surface area (Å²) < 4.78 is 83.4. The second kappa shape index (κ2) is 29.6. The summed E-state index contributed by atoms with van der Waals surface area (Å²) in [5.41, 5.74) is 27.0. The van der Waals surface area contributed by atoms with E-state index in [4.69, 9.17) is 75.1 Å². The highest BCUT2D eigenvalue weighted by molar-refractivity contribution is 7.90. The maximum atomic E-state index is 12.7. The number of hydrogen-bond acceptors (Lipinski definition) is 13. The minimum Gasteiger partial charge on any atom is -0.480 e. The molecule has 6 rings (SSSR count). The number of hydrogen-bond donors (Lipinski definition) is 9. The minimum absolute atomic E-state index is 0.0918. The lowest BCUT2D eigenvalue weighted by molar-refractivity contribution is -0.139. The van der Waals surface area contributed by atoms with Crippen molar-refractivity contribution in [3.8, 4) is 0 Å². The molecule has 0 bridgehead atoms. The zero-order valence-electron chi connectivity index (χ0n) is 42.8. The van der Waals surface area contributed by atoms with E-state index in [-0.39, 0.29) is 66.9 Å². The molecule has 0 spiro atoms. The van der Waals surface area contributed by atoms with Crippen molar-refractivity contribution < 1.29 is 35.2 Å². The van der Waals surface area contributed by atoms with Gasteiger partial charge in [-0.05, 0) is 82.5 Å². The van der Waals surface area contributed by atoms with Crippen LogP contribution in [0.25, 0.3) is 32.3 Å². The Bertz CT molecular complexity index is 3430. The maximum absolute atomic E-state index is 12.7. The standard InChI is InChI=1S/C17H24ClN5O2S.C16H20Cl2N2O2S.C16H21ClN6O4S/c1-3-4-5-6-11(2)23-26(24,25)12-7-8-13-14(9-12)16(22-17(19)20)21-10-15(13)18;1-3-4-5-6-11(2)20-23(21,22)12-7-8-13-14(9-12)16(18)19-10-15(13)17;17-12-8-21-14(22-16(19)20)11-7-9(4-5-10(11)12)28(26,27)23-13(15(24)25)3-1-2-6-18/h7-11,23H,3-6H2,1-2H3,(H4,19,20,21,22);7-11,20H,3-6H2,1-2H3;4-5,7-8,13,23H,1-3,6,18H2,(H,24,25)(H4,19,20,21,22)/t2*11-;13-/m001/s1. The van der Waals surface area contributed by atoms with E-state index in [9.17, 15) is 35.2 Å². The first-order valence-corrected chi connectivity index (χ1v) is 30.3. The van der Waals surface area contributed by atoms with Crippen LogP contribution in [0.15, 0.2) is 97.9 Å². The van der Waals surface area contributed by atoms with E-state index in [1.807, 2.05) is 13.8 Å². The molecule has 0 aliphatic heterocycles. The van der Waals surface area contributed by atoms with E-state index < -0.39 is 42.1 Å². The number of carboxylic acid groups (broad SMARTS) is 1. The predicted molar refractivity (Wildman–Crippen MR) is 309 cm³/mol. The molecule has 6 aromatic rings. The molecule has 0 radical (unpaired) electrons. The lowest BCUT2D eigenvalue weighted by Gasteiger charge is -2.15. The number of rotatable bonds is 24. The fourth-order valence-corrected chi connectivity index (χ4v) is 12.3. The Kier molecular flexibility index (Phi) is 24.7. The second-order valence-electron chi connectivity index (χ2n) is 17.8. The quantitative estimate of drug-likeness (QED) is 0.0119. The molecule has 77 heavy (non-hydrogen) atoms. The van der Waals surface area contributed by atoms with Gasteiger partial charge in [-0.2, -0.15) is 14.7 Å². The fraction of sp³-hybridized carbons (Fsp3) is 0.388. The summed E-state index contributed by atoms with van der Waals surface area (Å²) >= 11 is 24.4. The van der Waals surface area contributed by atoms with Crippen LogP contribution in [0.4, 0.5) is 11.6 Å². The van der Waals surface area contributed by atoms with E-state index >= 15 is 0 Å². The van der Waals surface area contributed by atoms with Crippen molar-refractivity contribution >= 4 is 138 Å². The van der Waals surface area contributed by atoms with Gasteiger partial charge in [0.1, 0.15) is 11.2 Å². The number of aliphatic carboxylic acids is 1. The first-order valence-electron chi connectivity index (χ1n) is 24.3. The number of benzene rings is 3. The van der Waals surface area contributed by atoms with Crippen molar-refractivity contribution in [2.45, 2.75) is 131 Å². The van der Waals surface area contributed by atoms with Gasteiger partial charge in [-0.15, -0.1) is 0 Å². The highest BCUT2D eigenvalue weighted by Gasteiger charge is 2.26. The summed E-state index contributed by atoms with van der Waals surface area (Å²) in [6.45, 7) is 8.35. The molecule has 0 aliphatic carbocycles. The van der Waals surface area contributed by atoms with Gasteiger partial charge in [-0.3, -0.25) is 4.79 Å². The number of nitrogens with two attached hydrogens (primary N) is 5. The Morgan fingerprint density at radius 1 is 0.545 bits per heavy atom. The zero-order valence-corrected chi connectivity index (χ0v) is 48.3. The number of pyridine rings is 3. The number of guanidine groups is 2. The van der Waals surface area contributed by atoms with Crippen LogP contribution in [0.1, 0.15) is 98.3 Å². The molecule has 3 aromatic carbocycles. The van der Waals surface area contributed by atoms with Crippen molar-refractivity contribution in [3.63, 3.8) is 0 Å². The van der Waals surface area contributed by atoms with Gasteiger partial charge in [0.05, 0.1) is 29.8 Å². The molecule has 3 atom stereocenters. The highest BCUT2D eigenvalue weighted by Crippen LogP contribution is 2.34. The summed E-state index contributed by atoms with van der Waals surface area (Å²) in [6.07, 6.45) is 13.4. The fourth-order valence-electron chi connectivity index (χ4n) is 7.59. The third-order valence-electron chi connectivity index (χ3n) is 11.5. The van der Waals surface area contributed by atoms with Crippen molar-refractivity contribution in [2.75, 3.05) is 6.54 Å². The number of carboxylic acids is 1. The van der Waals surface area contributed by atoms with Gasteiger partial charge >= 0.3 is 5.97 Å². The lowest BCUT2D eigenvalue weighted by atomic mass is 10.1. The molecule has 3 heterocycles. The minimum atomic E-state index is -4.14. The van der Waals surface area contributed by atoms with Gasteiger partial charge in [0.2, 0.25) is 30.1 Å². The first kappa shape index (κ1) is 64.3. The summed E-state index contributed by atoms with van der Waals surface area (Å²) in [4.78, 5) is 31.4. The lowest BCUT2D eigenvalue weighted by Crippen LogP contribution is -2.40. The Morgan fingerprint density at radius 3 is 1.29 bits per heavy atom. The van der Waals surface area contributed by atoms with Crippen LogP contribution in [0.5, 0.6) is 0 Å². The largest absolute Gasteiger partial charge is 0.480 e. The number of sulfonamides is 3. The summed E-state index contributed by atoms with van der Waals surface area (Å²) in [5, 5.41) is 13.7. The average molecular weight is 1200 g/mol. The Balaban J connectivity index is 0.000000251. The first-order chi connectivity index (χ1) is 36.2. The topological polar surface area (TPSA) is 369 Å². The molecule has 3 aromatic heterocycles. The third kappa shape index (κ3) is 19.0. The number of halogens is 4. The van der Waals surface area contributed by atoms with Crippen LogP contribution < -0.4 is 42.8 Å². The van der Waals surface area contributed by atoms with Crippen LogP contribution >= 0.6 is 46.4 Å².